The van der Waals surface area contributed by atoms with Crippen LogP contribution in [0, 0.1) is 11.3 Å². The van der Waals surface area contributed by atoms with E-state index in [9.17, 15) is 14.9 Å². The molecule has 0 unspecified atom stereocenters. The Balaban J connectivity index is 1.52. The summed E-state index contributed by atoms with van der Waals surface area (Å²) in [4.78, 5) is 26.4. The summed E-state index contributed by atoms with van der Waals surface area (Å²) in [5.74, 6) is 0.142. The maximum atomic E-state index is 12.9. The zero-order valence-electron chi connectivity index (χ0n) is 16.9. The highest BCUT2D eigenvalue weighted by Crippen LogP contribution is 2.25. The Morgan fingerprint density at radius 1 is 1.00 bits per heavy atom. The molecule has 6 nitrogen and oxygen atoms in total. The van der Waals surface area contributed by atoms with Gasteiger partial charge in [0.15, 0.2) is 0 Å². The fourth-order valence-corrected chi connectivity index (χ4v) is 3.55. The Bertz CT molecular complexity index is 1250. The van der Waals surface area contributed by atoms with Crippen LogP contribution in [0.2, 0.25) is 0 Å². The van der Waals surface area contributed by atoms with Crippen molar-refractivity contribution >= 4 is 33.9 Å². The predicted octanol–water partition coefficient (Wildman–Crippen LogP) is 4.99. The van der Waals surface area contributed by atoms with E-state index in [4.69, 9.17) is 4.74 Å². The largest absolute Gasteiger partial charge is 0.488 e. The number of imide groups is 1. The summed E-state index contributed by atoms with van der Waals surface area (Å²) in [5.41, 5.74) is 2.99. The van der Waals surface area contributed by atoms with Gasteiger partial charge < -0.3 is 10.1 Å². The normalized spacial score (nSPS) is 14.4. The van der Waals surface area contributed by atoms with E-state index in [0.29, 0.717) is 16.9 Å². The zero-order chi connectivity index (χ0) is 22.5. The third-order valence-corrected chi connectivity index (χ3v) is 5.48. The van der Waals surface area contributed by atoms with Gasteiger partial charge in [0.25, 0.3) is 5.91 Å². The number of urea groups is 1. The van der Waals surface area contributed by atoms with Crippen LogP contribution in [0.4, 0.5) is 4.79 Å². The molecule has 1 heterocycles. The van der Waals surface area contributed by atoms with Gasteiger partial charge >= 0.3 is 6.03 Å². The number of para-hydroxylation sites is 1. The number of hydrogen-bond donors (Lipinski definition) is 1. The topological polar surface area (TPSA) is 82.4 Å². The molecule has 0 atom stereocenters. The van der Waals surface area contributed by atoms with E-state index in [1.807, 2.05) is 48.5 Å². The standard InChI is InChI=1S/C25H18BrN3O3/c26-21-11-9-17(10-12-21)15-29-24(30)22(28-25(29)31)13-18-5-3-4-8-23(18)32-16-20-7-2-1-6-19(20)14-27/h1-13H,15-16H2,(H,28,31). The summed E-state index contributed by atoms with van der Waals surface area (Å²) in [6.45, 7) is 0.387. The lowest BCUT2D eigenvalue weighted by Crippen LogP contribution is -2.30. The Morgan fingerprint density at radius 3 is 2.50 bits per heavy atom. The smallest absolute Gasteiger partial charge is 0.329 e. The van der Waals surface area contributed by atoms with E-state index in [1.54, 1.807) is 30.3 Å². The summed E-state index contributed by atoms with van der Waals surface area (Å²) >= 11 is 3.37. The molecule has 1 fully saturated rings. The van der Waals surface area contributed by atoms with Crippen LogP contribution in [0.15, 0.2) is 83.0 Å². The van der Waals surface area contributed by atoms with Gasteiger partial charge in [0.2, 0.25) is 0 Å². The molecule has 158 valence electrons. The summed E-state index contributed by atoms with van der Waals surface area (Å²) in [7, 11) is 0. The quantitative estimate of drug-likeness (QED) is 0.392. The van der Waals surface area contributed by atoms with Gasteiger partial charge in [-0.15, -0.1) is 0 Å². The number of nitrogens with zero attached hydrogens (tertiary/aromatic N) is 2. The first-order valence-electron chi connectivity index (χ1n) is 9.84. The van der Waals surface area contributed by atoms with Crippen molar-refractivity contribution in [3.05, 3.63) is 105 Å². The number of carbonyl (C=O) groups excluding carboxylic acids is 2. The van der Waals surface area contributed by atoms with Crippen molar-refractivity contribution in [1.29, 1.82) is 5.26 Å². The van der Waals surface area contributed by atoms with Crippen molar-refractivity contribution in [3.63, 3.8) is 0 Å². The van der Waals surface area contributed by atoms with Gasteiger partial charge in [0.1, 0.15) is 18.1 Å². The van der Waals surface area contributed by atoms with Gasteiger partial charge in [0.05, 0.1) is 18.2 Å². The first-order chi connectivity index (χ1) is 15.5. The lowest BCUT2D eigenvalue weighted by Gasteiger charge is -2.12. The van der Waals surface area contributed by atoms with E-state index in [-0.39, 0.29) is 18.8 Å². The molecular weight excluding hydrogens is 470 g/mol. The monoisotopic (exact) mass is 487 g/mol. The highest BCUT2D eigenvalue weighted by Gasteiger charge is 2.33. The average molecular weight is 488 g/mol. The molecule has 1 saturated heterocycles. The van der Waals surface area contributed by atoms with Gasteiger partial charge in [-0.1, -0.05) is 64.5 Å². The second-order valence-electron chi connectivity index (χ2n) is 7.10. The molecule has 0 spiro atoms. The number of nitrogens with one attached hydrogen (secondary N) is 1. The fourth-order valence-electron chi connectivity index (χ4n) is 3.29. The first-order valence-corrected chi connectivity index (χ1v) is 10.6. The summed E-state index contributed by atoms with van der Waals surface area (Å²) in [5, 5.41) is 11.9. The Labute approximate surface area is 193 Å². The number of ether oxygens (including phenoxy) is 1. The molecule has 0 aliphatic carbocycles. The molecule has 1 aliphatic heterocycles. The summed E-state index contributed by atoms with van der Waals surface area (Å²) < 4.78 is 6.86. The van der Waals surface area contributed by atoms with Crippen LogP contribution in [-0.2, 0) is 17.9 Å². The Morgan fingerprint density at radius 2 is 1.72 bits per heavy atom. The van der Waals surface area contributed by atoms with Crippen LogP contribution in [0.25, 0.3) is 6.08 Å². The minimum absolute atomic E-state index is 0.179. The number of amides is 3. The lowest BCUT2D eigenvalue weighted by atomic mass is 10.1. The molecule has 0 radical (unpaired) electrons. The van der Waals surface area contributed by atoms with Crippen molar-refractivity contribution in [3.8, 4) is 11.8 Å². The number of hydrogen-bond acceptors (Lipinski definition) is 4. The number of benzene rings is 3. The van der Waals surface area contributed by atoms with Crippen LogP contribution in [0.1, 0.15) is 22.3 Å². The van der Waals surface area contributed by atoms with Gasteiger partial charge in [-0.25, -0.2) is 4.79 Å². The zero-order valence-corrected chi connectivity index (χ0v) is 18.5. The van der Waals surface area contributed by atoms with Gasteiger partial charge in [-0.3, -0.25) is 9.69 Å². The number of carbonyl (C=O) groups is 2. The molecular formula is C25H18BrN3O3. The van der Waals surface area contributed by atoms with E-state index in [0.717, 1.165) is 15.6 Å². The third kappa shape index (κ3) is 4.71. The Hall–Kier alpha value is -3.89. The first kappa shape index (κ1) is 21.3. The fraction of sp³-hybridized carbons (Fsp3) is 0.0800. The molecule has 0 bridgehead atoms. The van der Waals surface area contributed by atoms with Crippen LogP contribution in [-0.4, -0.2) is 16.8 Å². The number of nitriles is 1. The Kier molecular flexibility index (Phi) is 6.34. The average Bonchev–Trinajstić information content (AvgIpc) is 3.07. The van der Waals surface area contributed by atoms with Gasteiger partial charge in [0, 0.05) is 15.6 Å². The van der Waals surface area contributed by atoms with Crippen LogP contribution < -0.4 is 10.1 Å². The highest BCUT2D eigenvalue weighted by atomic mass is 79.9. The molecule has 1 aliphatic rings. The number of rotatable bonds is 6. The van der Waals surface area contributed by atoms with Crippen molar-refractivity contribution in [2.75, 3.05) is 0 Å². The second-order valence-corrected chi connectivity index (χ2v) is 8.02. The van der Waals surface area contributed by atoms with E-state index in [1.165, 1.54) is 4.90 Å². The maximum absolute atomic E-state index is 12.9. The van der Waals surface area contributed by atoms with Crippen molar-refractivity contribution in [2.45, 2.75) is 13.2 Å². The predicted molar refractivity (Wildman–Crippen MR) is 123 cm³/mol. The molecule has 1 N–H and O–H groups in total. The summed E-state index contributed by atoms with van der Waals surface area (Å²) in [6, 6.07) is 23.6. The molecule has 4 rings (SSSR count). The molecule has 3 amide bonds. The maximum Gasteiger partial charge on any atom is 0.329 e. The van der Waals surface area contributed by atoms with Crippen molar-refractivity contribution in [1.82, 2.24) is 10.2 Å². The van der Waals surface area contributed by atoms with E-state index < -0.39 is 11.9 Å². The SMILES string of the molecule is N#Cc1ccccc1COc1ccccc1C=C1NC(=O)N(Cc2ccc(Br)cc2)C1=O. The number of halogens is 1. The van der Waals surface area contributed by atoms with Crippen molar-refractivity contribution < 1.29 is 14.3 Å². The van der Waals surface area contributed by atoms with Crippen LogP contribution in [0.5, 0.6) is 5.75 Å². The van der Waals surface area contributed by atoms with Gasteiger partial charge in [-0.05, 0) is 35.9 Å². The summed E-state index contributed by atoms with van der Waals surface area (Å²) in [6.07, 6.45) is 1.60. The highest BCUT2D eigenvalue weighted by molar-refractivity contribution is 9.10. The van der Waals surface area contributed by atoms with E-state index >= 15 is 0 Å². The van der Waals surface area contributed by atoms with Crippen molar-refractivity contribution in [2.24, 2.45) is 0 Å². The third-order valence-electron chi connectivity index (χ3n) is 4.96. The minimum Gasteiger partial charge on any atom is -0.488 e. The molecule has 32 heavy (non-hydrogen) atoms. The van der Waals surface area contributed by atoms with E-state index in [2.05, 4.69) is 27.3 Å². The lowest BCUT2D eigenvalue weighted by molar-refractivity contribution is -0.123. The molecule has 0 aromatic heterocycles. The minimum atomic E-state index is -0.467. The molecule has 0 saturated carbocycles. The molecule has 3 aromatic rings. The van der Waals surface area contributed by atoms with Gasteiger partial charge in [-0.2, -0.15) is 5.26 Å². The molecule has 7 heteroatoms. The molecule has 3 aromatic carbocycles. The second kappa shape index (κ2) is 9.50. The van der Waals surface area contributed by atoms with Crippen LogP contribution in [0.3, 0.4) is 0 Å². The van der Waals surface area contributed by atoms with Crippen LogP contribution >= 0.6 is 15.9 Å².